The summed E-state index contributed by atoms with van der Waals surface area (Å²) in [6, 6.07) is 0. The van der Waals surface area contributed by atoms with Gasteiger partial charge >= 0.3 is 16.0 Å². The zero-order chi connectivity index (χ0) is 7.28. The molecule has 2 radical (unpaired) electrons. The molecule has 9 heavy (non-hydrogen) atoms. The average Bonchev–Trinajstić information content (AvgIpc) is 1.82. The molecule has 0 aliphatic carbocycles. The molecule has 0 heterocycles. The predicted molar refractivity (Wildman–Crippen MR) is 33.7 cm³/mol. The zero-order valence-corrected chi connectivity index (χ0v) is 6.43. The fourth-order valence-corrected chi connectivity index (χ4v) is 0.500. The molecule has 0 fully saturated rings. The molecule has 3 nitrogen and oxygen atoms in total. The Hall–Kier alpha value is -0.613. The first-order chi connectivity index (χ1) is 4.18. The standard InChI is InChI=1S/C5H8O3Si/c1-4(2)5(6)8-9-7-3/h1H2,2-3H3. The van der Waals surface area contributed by atoms with E-state index in [1.54, 1.807) is 6.92 Å². The summed E-state index contributed by atoms with van der Waals surface area (Å²) in [6.45, 7) is 4.97. The largest absolute Gasteiger partial charge is 0.523 e. The lowest BCUT2D eigenvalue weighted by molar-refractivity contribution is -0.130. The molecule has 0 aliphatic rings. The van der Waals surface area contributed by atoms with Gasteiger partial charge in [-0.3, -0.25) is 0 Å². The van der Waals surface area contributed by atoms with Gasteiger partial charge in [0.05, 0.1) is 0 Å². The van der Waals surface area contributed by atoms with Crippen molar-refractivity contribution in [1.82, 2.24) is 0 Å². The van der Waals surface area contributed by atoms with Crippen molar-refractivity contribution in [2.24, 2.45) is 0 Å². The lowest BCUT2D eigenvalue weighted by atomic mass is 10.4. The third-order valence-electron chi connectivity index (χ3n) is 0.566. The second-order valence-corrected chi connectivity index (χ2v) is 2.24. The molecule has 0 aromatic heterocycles. The topological polar surface area (TPSA) is 35.5 Å². The van der Waals surface area contributed by atoms with Crippen LogP contribution in [0.3, 0.4) is 0 Å². The van der Waals surface area contributed by atoms with Crippen LogP contribution in [0.5, 0.6) is 0 Å². The van der Waals surface area contributed by atoms with Crippen molar-refractivity contribution in [1.29, 1.82) is 0 Å². The molecular weight excluding hydrogens is 136 g/mol. The second-order valence-electron chi connectivity index (χ2n) is 1.46. The Morgan fingerprint density at radius 2 is 2.22 bits per heavy atom. The van der Waals surface area contributed by atoms with E-state index in [4.69, 9.17) is 0 Å². The van der Waals surface area contributed by atoms with Crippen LogP contribution in [-0.4, -0.2) is 23.1 Å². The summed E-state index contributed by atoms with van der Waals surface area (Å²) in [7, 11) is 1.24. The monoisotopic (exact) mass is 144 g/mol. The van der Waals surface area contributed by atoms with Crippen molar-refractivity contribution >= 4 is 16.0 Å². The SMILES string of the molecule is C=C(C)C(=O)O[Si]OC. The highest BCUT2D eigenvalue weighted by Crippen LogP contribution is 1.89. The zero-order valence-electron chi connectivity index (χ0n) is 5.43. The fraction of sp³-hybridized carbons (Fsp3) is 0.400. The first-order valence-electron chi connectivity index (χ1n) is 2.33. The van der Waals surface area contributed by atoms with Gasteiger partial charge in [0.15, 0.2) is 0 Å². The van der Waals surface area contributed by atoms with Crippen LogP contribution < -0.4 is 0 Å². The van der Waals surface area contributed by atoms with Crippen molar-refractivity contribution in [2.75, 3.05) is 7.11 Å². The predicted octanol–water partition coefficient (Wildman–Crippen LogP) is 0.286. The van der Waals surface area contributed by atoms with E-state index in [-0.39, 0.29) is 10.0 Å². The Kier molecular flexibility index (Phi) is 3.99. The molecule has 0 amide bonds. The van der Waals surface area contributed by atoms with Crippen molar-refractivity contribution in [2.45, 2.75) is 6.92 Å². The van der Waals surface area contributed by atoms with Crippen molar-refractivity contribution in [3.63, 3.8) is 0 Å². The summed E-state index contributed by atoms with van der Waals surface area (Å²) in [6.07, 6.45) is 0. The van der Waals surface area contributed by atoms with Crippen LogP contribution in [0.1, 0.15) is 6.92 Å². The summed E-state index contributed by atoms with van der Waals surface area (Å²) in [5, 5.41) is 0. The Morgan fingerprint density at radius 3 is 2.56 bits per heavy atom. The Bertz CT molecular complexity index is 121. The quantitative estimate of drug-likeness (QED) is 0.422. The van der Waals surface area contributed by atoms with E-state index in [2.05, 4.69) is 15.4 Å². The Morgan fingerprint density at radius 1 is 1.67 bits per heavy atom. The molecule has 0 aromatic carbocycles. The number of carbonyl (C=O) groups is 1. The van der Waals surface area contributed by atoms with Gasteiger partial charge in [0.1, 0.15) is 0 Å². The maximum atomic E-state index is 10.5. The first-order valence-corrected chi connectivity index (χ1v) is 3.14. The van der Waals surface area contributed by atoms with Gasteiger partial charge < -0.3 is 8.85 Å². The molecule has 50 valence electrons. The van der Waals surface area contributed by atoms with Crippen LogP contribution in [0.25, 0.3) is 0 Å². The van der Waals surface area contributed by atoms with Gasteiger partial charge in [-0.15, -0.1) is 0 Å². The minimum Gasteiger partial charge on any atom is -0.487 e. The van der Waals surface area contributed by atoms with E-state index in [9.17, 15) is 4.79 Å². The van der Waals surface area contributed by atoms with E-state index in [1.165, 1.54) is 7.11 Å². The van der Waals surface area contributed by atoms with Gasteiger partial charge in [0, 0.05) is 12.7 Å². The van der Waals surface area contributed by atoms with E-state index < -0.39 is 5.97 Å². The normalized spacial score (nSPS) is 8.67. The maximum absolute atomic E-state index is 10.5. The first kappa shape index (κ1) is 8.39. The molecule has 0 N–H and O–H groups in total. The summed E-state index contributed by atoms with van der Waals surface area (Å²) in [5.74, 6) is -0.407. The van der Waals surface area contributed by atoms with Crippen LogP contribution in [-0.2, 0) is 13.6 Å². The molecule has 0 aliphatic heterocycles. The lowest BCUT2D eigenvalue weighted by Crippen LogP contribution is -2.10. The van der Waals surface area contributed by atoms with Crippen LogP contribution in [0.15, 0.2) is 12.2 Å². The maximum Gasteiger partial charge on any atom is 0.523 e. The lowest BCUT2D eigenvalue weighted by Gasteiger charge is -1.97. The van der Waals surface area contributed by atoms with Gasteiger partial charge in [0.25, 0.3) is 0 Å². The van der Waals surface area contributed by atoms with Crippen molar-refractivity contribution < 1.29 is 13.6 Å². The van der Waals surface area contributed by atoms with Crippen molar-refractivity contribution in [3.8, 4) is 0 Å². The highest BCUT2D eigenvalue weighted by molar-refractivity contribution is 6.23. The molecule has 0 unspecified atom stereocenters. The van der Waals surface area contributed by atoms with Crippen LogP contribution >= 0.6 is 0 Å². The second kappa shape index (κ2) is 4.28. The molecule has 0 bridgehead atoms. The van der Waals surface area contributed by atoms with Gasteiger partial charge in [-0.05, 0) is 6.92 Å². The van der Waals surface area contributed by atoms with Crippen LogP contribution in [0, 0.1) is 0 Å². The molecular formula is C5H8O3Si. The number of hydrogen-bond acceptors (Lipinski definition) is 3. The average molecular weight is 144 g/mol. The van der Waals surface area contributed by atoms with Gasteiger partial charge in [0.2, 0.25) is 0 Å². The van der Waals surface area contributed by atoms with Crippen molar-refractivity contribution in [3.05, 3.63) is 12.2 Å². The summed E-state index contributed by atoms with van der Waals surface area (Å²) in [4.78, 5) is 10.5. The molecule has 4 heteroatoms. The van der Waals surface area contributed by atoms with Gasteiger partial charge in [-0.2, -0.15) is 0 Å². The van der Waals surface area contributed by atoms with E-state index in [0.29, 0.717) is 5.57 Å². The smallest absolute Gasteiger partial charge is 0.487 e. The fourth-order valence-electron chi connectivity index (χ4n) is 0.167. The minimum atomic E-state index is -0.407. The summed E-state index contributed by atoms with van der Waals surface area (Å²) < 4.78 is 9.03. The third-order valence-corrected chi connectivity index (χ3v) is 1.00. The van der Waals surface area contributed by atoms with Crippen LogP contribution in [0.4, 0.5) is 0 Å². The molecule has 0 atom stereocenters. The Balaban J connectivity index is 3.39. The minimum absolute atomic E-state index is 0.222. The number of hydrogen-bond donors (Lipinski definition) is 0. The van der Waals surface area contributed by atoms with E-state index in [0.717, 1.165) is 0 Å². The van der Waals surface area contributed by atoms with Gasteiger partial charge in [-0.25, -0.2) is 4.79 Å². The molecule has 0 aromatic rings. The molecule has 0 saturated heterocycles. The molecule has 0 rings (SSSR count). The third kappa shape index (κ3) is 3.93. The highest BCUT2D eigenvalue weighted by atomic mass is 28.3. The highest BCUT2D eigenvalue weighted by Gasteiger charge is 2.02. The van der Waals surface area contributed by atoms with Crippen LogP contribution in [0.2, 0.25) is 0 Å². The van der Waals surface area contributed by atoms with E-state index >= 15 is 0 Å². The number of rotatable bonds is 3. The summed E-state index contributed by atoms with van der Waals surface area (Å²) >= 11 is 0. The number of carbonyl (C=O) groups excluding carboxylic acids is 1. The molecule has 0 saturated carbocycles. The molecule has 0 spiro atoms. The summed E-state index contributed by atoms with van der Waals surface area (Å²) in [5.41, 5.74) is 0.388. The van der Waals surface area contributed by atoms with E-state index in [1.807, 2.05) is 0 Å². The van der Waals surface area contributed by atoms with Gasteiger partial charge in [-0.1, -0.05) is 6.58 Å². The Labute approximate surface area is 56.7 Å².